The fraction of sp³-hybridized carbons (Fsp3) is 1.00. The lowest BCUT2D eigenvalue weighted by Gasteiger charge is -2.43. The van der Waals surface area contributed by atoms with Gasteiger partial charge in [-0.3, -0.25) is 0 Å². The molecule has 23 heteroatoms. The Balaban J connectivity index is 0.000000270. The van der Waals surface area contributed by atoms with E-state index in [1.54, 1.807) is 0 Å². The van der Waals surface area contributed by atoms with E-state index >= 15 is 0 Å². The van der Waals surface area contributed by atoms with Crippen LogP contribution >= 0.6 is 0 Å². The van der Waals surface area contributed by atoms with Crippen molar-refractivity contribution in [3.05, 3.63) is 0 Å². The van der Waals surface area contributed by atoms with E-state index in [2.05, 4.69) is 9.47 Å². The molecule has 0 aliphatic carbocycles. The molecule has 18 N–H and O–H groups in total. The number of aliphatic hydroxyl groups is 18. The Morgan fingerprint density at radius 1 is 0.447 bits per heavy atom. The number of hydrogen-bond donors (Lipinski definition) is 18. The molecule has 0 saturated carbocycles. The first-order chi connectivity index (χ1) is 21.9. The van der Waals surface area contributed by atoms with Crippen LogP contribution in [0.1, 0.15) is 0 Å². The third-order valence-electron chi connectivity index (χ3n) is 7.87. The fourth-order valence-corrected chi connectivity index (χ4v) is 4.86. The van der Waals surface area contributed by atoms with Crippen LogP contribution in [0.3, 0.4) is 0 Å². The van der Waals surface area contributed by atoms with E-state index < -0.39 is 149 Å². The first-order valence-corrected chi connectivity index (χ1v) is 14.1. The van der Waals surface area contributed by atoms with Crippen LogP contribution in [0, 0.1) is 0 Å². The monoisotopic (exact) mass is 702 g/mol. The Morgan fingerprint density at radius 3 is 1.30 bits per heavy atom. The molecule has 4 saturated heterocycles. The summed E-state index contributed by atoms with van der Waals surface area (Å²) in [7, 11) is 0. The molecule has 0 aromatic carbocycles. The second kappa shape index (κ2) is 17.8. The van der Waals surface area contributed by atoms with Crippen LogP contribution in [0.15, 0.2) is 0 Å². The van der Waals surface area contributed by atoms with Crippen LogP contribution < -0.4 is 0 Å². The molecule has 4 heterocycles. The van der Waals surface area contributed by atoms with Crippen LogP contribution in [0.25, 0.3) is 0 Å². The highest BCUT2D eigenvalue weighted by Gasteiger charge is 2.58. The summed E-state index contributed by atoms with van der Waals surface area (Å²) < 4.78 is 24.6. The van der Waals surface area contributed by atoms with Crippen molar-refractivity contribution < 1.29 is 116 Å². The molecular weight excluding hydrogens is 656 g/mol. The van der Waals surface area contributed by atoms with Crippen molar-refractivity contribution in [3.63, 3.8) is 0 Å². The highest BCUT2D eigenvalue weighted by molar-refractivity contribution is 4.98. The van der Waals surface area contributed by atoms with Gasteiger partial charge in [0, 0.05) is 0 Å². The molecule has 23 nitrogen and oxygen atoms in total. The average molecular weight is 703 g/mol. The molecule has 4 fully saturated rings. The molecular formula is C24H46O23. The molecule has 47 heavy (non-hydrogen) atoms. The van der Waals surface area contributed by atoms with E-state index in [-0.39, 0.29) is 0 Å². The number of hydrogen-bond acceptors (Lipinski definition) is 23. The summed E-state index contributed by atoms with van der Waals surface area (Å²) >= 11 is 0. The van der Waals surface area contributed by atoms with E-state index in [4.69, 9.17) is 70.4 Å². The smallest absolute Gasteiger partial charge is 0.224 e. The quantitative estimate of drug-likeness (QED) is 0.112. The van der Waals surface area contributed by atoms with E-state index in [1.807, 2.05) is 0 Å². The largest absolute Gasteiger partial charge is 0.394 e. The van der Waals surface area contributed by atoms with Crippen molar-refractivity contribution in [2.75, 3.05) is 39.6 Å². The minimum absolute atomic E-state index is 0.526. The van der Waals surface area contributed by atoms with Gasteiger partial charge in [0.15, 0.2) is 12.6 Å². The van der Waals surface area contributed by atoms with E-state index in [1.165, 1.54) is 0 Å². The summed E-state index contributed by atoms with van der Waals surface area (Å²) in [5.41, 5.74) is 0. The van der Waals surface area contributed by atoms with Crippen LogP contribution in [0.2, 0.25) is 0 Å². The predicted molar refractivity (Wildman–Crippen MR) is 141 cm³/mol. The maximum Gasteiger partial charge on any atom is 0.224 e. The summed E-state index contributed by atoms with van der Waals surface area (Å²) in [4.78, 5) is 0. The molecule has 0 amide bonds. The third kappa shape index (κ3) is 9.06. The topological polar surface area (TPSA) is 410 Å². The van der Waals surface area contributed by atoms with Gasteiger partial charge in [-0.1, -0.05) is 0 Å². The van der Waals surface area contributed by atoms with E-state index in [0.29, 0.717) is 0 Å². The lowest BCUT2D eigenvalue weighted by molar-refractivity contribution is -0.383. The van der Waals surface area contributed by atoms with Gasteiger partial charge < -0.3 is 116 Å². The van der Waals surface area contributed by atoms with E-state index in [9.17, 15) is 35.7 Å². The molecule has 4 aliphatic rings. The molecule has 0 radical (unpaired) electrons. The molecule has 0 spiro atoms. The number of aliphatic hydroxyl groups excluding tert-OH is 17. The zero-order chi connectivity index (χ0) is 36.0. The van der Waals surface area contributed by atoms with Crippen molar-refractivity contribution in [2.45, 2.75) is 110 Å². The molecule has 4 aliphatic heterocycles. The zero-order valence-corrected chi connectivity index (χ0v) is 24.6. The zero-order valence-electron chi connectivity index (χ0n) is 24.6. The van der Waals surface area contributed by atoms with Gasteiger partial charge in [-0.15, -0.1) is 0 Å². The summed E-state index contributed by atoms with van der Waals surface area (Å²) in [6.07, 6.45) is -23.7. The highest BCUT2D eigenvalue weighted by atomic mass is 16.8. The second-order valence-corrected chi connectivity index (χ2v) is 11.1. The molecule has 7 unspecified atom stereocenters. The summed E-state index contributed by atoms with van der Waals surface area (Å²) in [5, 5.41) is 166. The van der Waals surface area contributed by atoms with Gasteiger partial charge in [0.05, 0.1) is 33.0 Å². The van der Waals surface area contributed by atoms with Crippen molar-refractivity contribution in [1.29, 1.82) is 0 Å². The molecule has 0 aromatic heterocycles. The maximum absolute atomic E-state index is 10.00. The number of ether oxygens (including phenoxy) is 5. The first-order valence-electron chi connectivity index (χ1n) is 14.1. The molecule has 4 rings (SSSR count). The van der Waals surface area contributed by atoms with Crippen LogP contribution in [-0.4, -0.2) is 241 Å². The summed E-state index contributed by atoms with van der Waals surface area (Å²) in [6.45, 7) is -4.21. The summed E-state index contributed by atoms with van der Waals surface area (Å²) in [6, 6.07) is 0. The normalized spacial score (nSPS) is 49.9. The molecule has 0 aromatic rings. The summed E-state index contributed by atoms with van der Waals surface area (Å²) in [5.74, 6) is -4.38. The van der Waals surface area contributed by atoms with Gasteiger partial charge in [0.1, 0.15) is 92.1 Å². The Labute approximate surface area is 265 Å². The fourth-order valence-electron chi connectivity index (χ4n) is 4.86. The number of rotatable bonds is 8. The maximum atomic E-state index is 10.00. The molecule has 18 atom stereocenters. The second-order valence-electron chi connectivity index (χ2n) is 11.1. The first kappa shape index (κ1) is 42.2. The SMILES string of the molecule is OCC1OC(O)C(O)[C@@H](O)[C@@H]1O.OCC1O[C@H](O[C@]2(CO)O[C@H](CO)C(O)[C@H]2O)C(O)[C@@H](O)[C@@H]1O.OC[C@H]1O[C@](O)(CO)[C@H](O)C1O. The highest BCUT2D eigenvalue weighted by Crippen LogP contribution is 2.36. The van der Waals surface area contributed by atoms with Crippen molar-refractivity contribution in [3.8, 4) is 0 Å². The minimum atomic E-state index is -2.22. The van der Waals surface area contributed by atoms with Gasteiger partial charge >= 0.3 is 0 Å². The van der Waals surface area contributed by atoms with Crippen LogP contribution in [0.5, 0.6) is 0 Å². The van der Waals surface area contributed by atoms with Crippen molar-refractivity contribution in [2.24, 2.45) is 0 Å². The lowest BCUT2D eigenvalue weighted by atomic mass is 9.99. The van der Waals surface area contributed by atoms with Crippen molar-refractivity contribution in [1.82, 2.24) is 0 Å². The Morgan fingerprint density at radius 2 is 0.894 bits per heavy atom. The molecule has 0 bridgehead atoms. The van der Waals surface area contributed by atoms with Crippen LogP contribution in [0.4, 0.5) is 0 Å². The van der Waals surface area contributed by atoms with Gasteiger partial charge in [0.25, 0.3) is 0 Å². The standard InChI is InChI=1S/C12H22O11.2C6H12O6/c13-1-4-6(16)8(18)9(19)11(21-4)23-12(3-15)10(20)7(17)5(2-14)22-12;7-1-3-4(9)5(10)6(11,2-8)12-3;7-1-2-3(8)4(9)5(10)6(11)12-2/h4-11,13-20H,1-3H2;3-5,7-11H,1-2H2;2-11H,1H2/t4?,5-,6-,7?,8+,9?,10-,11-,12+;3-,4?,5-,6-;2?,3-,4+,5?,6?/m111/s1. The van der Waals surface area contributed by atoms with E-state index in [0.717, 1.165) is 0 Å². The Bertz CT molecular complexity index is 906. The third-order valence-corrected chi connectivity index (χ3v) is 7.87. The Hall–Kier alpha value is -0.920. The lowest BCUT2D eigenvalue weighted by Crippen LogP contribution is -2.62. The van der Waals surface area contributed by atoms with Gasteiger partial charge in [-0.05, 0) is 0 Å². The minimum Gasteiger partial charge on any atom is -0.394 e. The van der Waals surface area contributed by atoms with Gasteiger partial charge in [0.2, 0.25) is 11.6 Å². The van der Waals surface area contributed by atoms with Crippen molar-refractivity contribution >= 4 is 0 Å². The van der Waals surface area contributed by atoms with Gasteiger partial charge in [-0.2, -0.15) is 0 Å². The Kier molecular flexibility index (Phi) is 16.0. The predicted octanol–water partition coefficient (Wildman–Crippen LogP) is -11.8. The molecule has 280 valence electrons. The average Bonchev–Trinajstić information content (AvgIpc) is 3.45. The van der Waals surface area contributed by atoms with Gasteiger partial charge in [-0.25, -0.2) is 0 Å². The van der Waals surface area contributed by atoms with Crippen LogP contribution in [-0.2, 0) is 23.7 Å².